The molecule has 2 rings (SSSR count). The highest BCUT2D eigenvalue weighted by Crippen LogP contribution is 2.28. The Morgan fingerprint density at radius 1 is 1.21 bits per heavy atom. The first-order valence-corrected chi connectivity index (χ1v) is 7.19. The highest BCUT2D eigenvalue weighted by atomic mass is 35.5. The van der Waals surface area contributed by atoms with Crippen molar-refractivity contribution in [2.45, 2.75) is 4.90 Å². The molecule has 0 spiro atoms. The Balaban J connectivity index is 2.44. The van der Waals surface area contributed by atoms with Crippen LogP contribution in [0.2, 0.25) is 10.2 Å². The Hall–Kier alpha value is -1.57. The molecule has 0 unspecified atom stereocenters. The van der Waals surface area contributed by atoms with Crippen LogP contribution in [0.3, 0.4) is 0 Å². The maximum absolute atomic E-state index is 12.2. The van der Waals surface area contributed by atoms with E-state index in [9.17, 15) is 8.42 Å². The standard InChI is InChI=1S/C10H8Cl2N4O2S/c11-6-2-1-3-7(13)9(6)19(17,18)16-10-14-5-4-8(12)15-10/h1-5H,13H2,(H,14,15,16). The van der Waals surface area contributed by atoms with Crippen LogP contribution in [0.4, 0.5) is 11.6 Å². The van der Waals surface area contributed by atoms with Crippen LogP contribution in [0.15, 0.2) is 35.4 Å². The molecule has 9 heteroatoms. The molecule has 1 aromatic heterocycles. The van der Waals surface area contributed by atoms with Gasteiger partial charge >= 0.3 is 0 Å². The number of sulfonamides is 1. The molecule has 0 saturated heterocycles. The van der Waals surface area contributed by atoms with Crippen LogP contribution in [0.25, 0.3) is 0 Å². The van der Waals surface area contributed by atoms with Crippen LogP contribution >= 0.6 is 23.2 Å². The number of halogens is 2. The summed E-state index contributed by atoms with van der Waals surface area (Å²) in [5.41, 5.74) is 5.65. The summed E-state index contributed by atoms with van der Waals surface area (Å²) in [4.78, 5) is 7.24. The first-order chi connectivity index (χ1) is 8.90. The van der Waals surface area contributed by atoms with E-state index < -0.39 is 10.0 Å². The molecule has 19 heavy (non-hydrogen) atoms. The van der Waals surface area contributed by atoms with Crippen molar-refractivity contribution in [3.05, 3.63) is 40.6 Å². The van der Waals surface area contributed by atoms with E-state index in [2.05, 4.69) is 14.7 Å². The largest absolute Gasteiger partial charge is 0.398 e. The molecule has 0 aliphatic heterocycles. The Labute approximate surface area is 119 Å². The van der Waals surface area contributed by atoms with Gasteiger partial charge in [-0.25, -0.2) is 23.1 Å². The second-order valence-corrected chi connectivity index (χ2v) is 5.88. The molecule has 1 heterocycles. The summed E-state index contributed by atoms with van der Waals surface area (Å²) >= 11 is 11.5. The smallest absolute Gasteiger partial charge is 0.267 e. The number of hydrogen-bond acceptors (Lipinski definition) is 5. The summed E-state index contributed by atoms with van der Waals surface area (Å²) in [5.74, 6) is -0.160. The zero-order valence-electron chi connectivity index (χ0n) is 9.34. The number of aromatic nitrogens is 2. The summed E-state index contributed by atoms with van der Waals surface area (Å²) in [6, 6.07) is 5.82. The van der Waals surface area contributed by atoms with Gasteiger partial charge in [-0.05, 0) is 18.2 Å². The van der Waals surface area contributed by atoms with Gasteiger partial charge in [0, 0.05) is 6.20 Å². The van der Waals surface area contributed by atoms with Crippen molar-refractivity contribution in [3.63, 3.8) is 0 Å². The van der Waals surface area contributed by atoms with E-state index in [1.807, 2.05) is 0 Å². The van der Waals surface area contributed by atoms with Crippen molar-refractivity contribution in [1.82, 2.24) is 9.97 Å². The lowest BCUT2D eigenvalue weighted by Gasteiger charge is -2.10. The third kappa shape index (κ3) is 3.06. The number of benzene rings is 1. The Bertz CT molecular complexity index is 701. The van der Waals surface area contributed by atoms with Gasteiger partial charge in [-0.2, -0.15) is 0 Å². The average Bonchev–Trinajstić information content (AvgIpc) is 2.27. The molecule has 0 aliphatic carbocycles. The van der Waals surface area contributed by atoms with Gasteiger partial charge in [-0.1, -0.05) is 29.3 Å². The Morgan fingerprint density at radius 3 is 2.58 bits per heavy atom. The van der Waals surface area contributed by atoms with Crippen molar-refractivity contribution in [2.24, 2.45) is 0 Å². The van der Waals surface area contributed by atoms with Gasteiger partial charge in [-0.15, -0.1) is 0 Å². The molecular formula is C10H8Cl2N4O2S. The number of nitrogens with two attached hydrogens (primary N) is 1. The van der Waals surface area contributed by atoms with E-state index in [1.54, 1.807) is 6.07 Å². The third-order valence-corrected chi connectivity index (χ3v) is 4.20. The fourth-order valence-electron chi connectivity index (χ4n) is 1.37. The first kappa shape index (κ1) is 13.9. The molecule has 0 radical (unpaired) electrons. The van der Waals surface area contributed by atoms with Crippen molar-refractivity contribution in [1.29, 1.82) is 0 Å². The van der Waals surface area contributed by atoms with Gasteiger partial charge in [0.1, 0.15) is 10.0 Å². The van der Waals surface area contributed by atoms with Gasteiger partial charge in [0.2, 0.25) is 5.95 Å². The summed E-state index contributed by atoms with van der Waals surface area (Å²) < 4.78 is 26.5. The molecule has 0 saturated carbocycles. The Kier molecular flexibility index (Phi) is 3.79. The number of nitrogen functional groups attached to an aromatic ring is 1. The summed E-state index contributed by atoms with van der Waals surface area (Å²) in [5, 5.41) is 0.120. The van der Waals surface area contributed by atoms with Gasteiger partial charge in [0.25, 0.3) is 10.0 Å². The van der Waals surface area contributed by atoms with Crippen molar-refractivity contribution < 1.29 is 8.42 Å². The van der Waals surface area contributed by atoms with Gasteiger partial charge in [0.15, 0.2) is 0 Å². The molecule has 0 fully saturated rings. The third-order valence-electron chi connectivity index (χ3n) is 2.11. The Morgan fingerprint density at radius 2 is 1.95 bits per heavy atom. The number of rotatable bonds is 3. The van der Waals surface area contributed by atoms with Crippen LogP contribution in [-0.2, 0) is 10.0 Å². The maximum atomic E-state index is 12.2. The average molecular weight is 319 g/mol. The lowest BCUT2D eigenvalue weighted by atomic mass is 10.3. The molecule has 100 valence electrons. The molecular weight excluding hydrogens is 311 g/mol. The first-order valence-electron chi connectivity index (χ1n) is 4.95. The molecule has 0 bridgehead atoms. The number of anilines is 2. The molecule has 3 N–H and O–H groups in total. The molecule has 0 atom stereocenters. The van der Waals surface area contributed by atoms with E-state index >= 15 is 0 Å². The minimum absolute atomic E-state index is 0.00882. The second kappa shape index (κ2) is 5.20. The van der Waals surface area contributed by atoms with E-state index in [0.29, 0.717) is 0 Å². The molecule has 6 nitrogen and oxygen atoms in total. The fourth-order valence-corrected chi connectivity index (χ4v) is 3.13. The number of nitrogens with one attached hydrogen (secondary N) is 1. The van der Waals surface area contributed by atoms with Gasteiger partial charge in [-0.3, -0.25) is 0 Å². The summed E-state index contributed by atoms with van der Waals surface area (Å²) in [6.07, 6.45) is 1.32. The van der Waals surface area contributed by atoms with Crippen LogP contribution in [0, 0.1) is 0 Å². The van der Waals surface area contributed by atoms with E-state index in [-0.39, 0.29) is 26.7 Å². The van der Waals surface area contributed by atoms with Gasteiger partial charge in [0.05, 0.1) is 10.7 Å². The summed E-state index contributed by atoms with van der Waals surface area (Å²) in [7, 11) is -3.98. The lowest BCUT2D eigenvalue weighted by Crippen LogP contribution is -2.17. The van der Waals surface area contributed by atoms with Gasteiger partial charge < -0.3 is 5.73 Å². The minimum Gasteiger partial charge on any atom is -0.398 e. The van der Waals surface area contributed by atoms with Crippen LogP contribution < -0.4 is 10.5 Å². The molecule has 1 aromatic carbocycles. The molecule has 0 amide bonds. The van der Waals surface area contributed by atoms with E-state index in [0.717, 1.165) is 0 Å². The van der Waals surface area contributed by atoms with Crippen molar-refractivity contribution in [3.8, 4) is 0 Å². The minimum atomic E-state index is -3.98. The van der Waals surface area contributed by atoms with E-state index in [1.165, 1.54) is 24.4 Å². The fraction of sp³-hybridized carbons (Fsp3) is 0. The normalized spacial score (nSPS) is 11.3. The molecule has 2 aromatic rings. The number of hydrogen-bond donors (Lipinski definition) is 2. The zero-order chi connectivity index (χ0) is 14.0. The quantitative estimate of drug-likeness (QED) is 0.667. The topological polar surface area (TPSA) is 98.0 Å². The van der Waals surface area contributed by atoms with Crippen molar-refractivity contribution in [2.75, 3.05) is 10.5 Å². The summed E-state index contributed by atoms with van der Waals surface area (Å²) in [6.45, 7) is 0. The second-order valence-electron chi connectivity index (χ2n) is 3.47. The van der Waals surface area contributed by atoms with Crippen LogP contribution in [0.1, 0.15) is 0 Å². The highest BCUT2D eigenvalue weighted by molar-refractivity contribution is 7.93. The predicted molar refractivity (Wildman–Crippen MR) is 73.7 cm³/mol. The van der Waals surface area contributed by atoms with Crippen LogP contribution in [-0.4, -0.2) is 18.4 Å². The van der Waals surface area contributed by atoms with Crippen molar-refractivity contribution >= 4 is 44.9 Å². The maximum Gasteiger partial charge on any atom is 0.267 e. The monoisotopic (exact) mass is 318 g/mol. The number of nitrogens with zero attached hydrogens (tertiary/aromatic N) is 2. The lowest BCUT2D eigenvalue weighted by molar-refractivity contribution is 0.601. The zero-order valence-corrected chi connectivity index (χ0v) is 11.7. The van der Waals surface area contributed by atoms with Crippen LogP contribution in [0.5, 0.6) is 0 Å². The SMILES string of the molecule is Nc1cccc(Cl)c1S(=O)(=O)Nc1nccc(Cl)n1. The molecule has 0 aliphatic rings. The predicted octanol–water partition coefficient (Wildman–Crippen LogP) is 2.17. The highest BCUT2D eigenvalue weighted by Gasteiger charge is 2.22. The van der Waals surface area contributed by atoms with E-state index in [4.69, 9.17) is 28.9 Å².